The van der Waals surface area contributed by atoms with E-state index in [0.717, 1.165) is 0 Å². The molecule has 37 heavy (non-hydrogen) atoms. The summed E-state index contributed by atoms with van der Waals surface area (Å²) in [6, 6.07) is 0. The average Bonchev–Trinajstić information content (AvgIpc) is 2.58. The molecule has 0 aliphatic heterocycles. The molecule has 0 spiro atoms. The van der Waals surface area contributed by atoms with Crippen LogP contribution in [0, 0.1) is 0 Å². The van der Waals surface area contributed by atoms with Crippen molar-refractivity contribution in [2.75, 3.05) is 12.5 Å². The van der Waals surface area contributed by atoms with Crippen LogP contribution in [0.15, 0.2) is 24.3 Å². The molecule has 0 saturated heterocycles. The van der Waals surface area contributed by atoms with E-state index in [2.05, 4.69) is 13.2 Å². The second kappa shape index (κ2) is 13.3. The van der Waals surface area contributed by atoms with Crippen LogP contribution < -0.4 is 0 Å². The fraction of sp³-hybridized carbons (Fsp3) is 0.727. The Morgan fingerprint density at radius 3 is 0.865 bits per heavy atom. The van der Waals surface area contributed by atoms with Crippen molar-refractivity contribution in [2.45, 2.75) is 92.4 Å². The van der Waals surface area contributed by atoms with Crippen molar-refractivity contribution in [3.8, 4) is 0 Å². The van der Waals surface area contributed by atoms with Crippen molar-refractivity contribution in [1.29, 1.82) is 0 Å². The van der Waals surface area contributed by atoms with E-state index in [-0.39, 0.29) is 23.6 Å². The quantitative estimate of drug-likeness (QED) is 0.123. The van der Waals surface area contributed by atoms with Crippen molar-refractivity contribution in [3.63, 3.8) is 0 Å². The fourth-order valence-corrected chi connectivity index (χ4v) is 25.1. The predicted octanol–water partition coefficient (Wildman–Crippen LogP) is 5.60. The van der Waals surface area contributed by atoms with Crippen LogP contribution in [0.25, 0.3) is 0 Å². The Kier molecular flexibility index (Phi) is 13.1. The van der Waals surface area contributed by atoms with Crippen LogP contribution in [0.1, 0.15) is 13.8 Å². The number of ether oxygens (including phenoxy) is 2. The summed E-state index contributed by atoms with van der Waals surface area (Å²) < 4.78 is 44.9. The summed E-state index contributed by atoms with van der Waals surface area (Å²) in [5.74, 6) is -1.14. The predicted molar refractivity (Wildman–Crippen MR) is 162 cm³/mol. The number of hydrogen-bond acceptors (Lipinski definition) is 9. The zero-order valence-corrected chi connectivity index (χ0v) is 31.5. The van der Waals surface area contributed by atoms with E-state index in [4.69, 9.17) is 30.0 Å². The van der Waals surface area contributed by atoms with E-state index in [1.165, 1.54) is 0 Å². The van der Waals surface area contributed by atoms with Crippen LogP contribution in [0.2, 0.25) is 78.6 Å². The molecule has 0 aromatic rings. The van der Waals surface area contributed by atoms with Gasteiger partial charge in [-0.3, -0.25) is 0 Å². The average molecular weight is 627 g/mol. The summed E-state index contributed by atoms with van der Waals surface area (Å²) in [4.78, 5) is 24.9. The number of carbonyl (C=O) groups is 2. The van der Waals surface area contributed by atoms with Crippen molar-refractivity contribution >= 4 is 62.8 Å². The third-order valence-corrected chi connectivity index (χ3v) is 21.9. The SMILES string of the molecule is C=C(C)C(=O)OC[Si](O[Si](C)(C)C)(O[Si](C)(C)C)O[Si](COC(=O)C(=C)C)(O[Si](C)(C)C)O[Si](C)(C)C. The first-order valence-electron chi connectivity index (χ1n) is 12.3. The Bertz CT molecular complexity index is 736. The summed E-state index contributed by atoms with van der Waals surface area (Å²) in [6.45, 7) is 34.6. The Labute approximate surface area is 231 Å². The van der Waals surface area contributed by atoms with Gasteiger partial charge in [0, 0.05) is 11.1 Å². The zero-order valence-electron chi connectivity index (χ0n) is 25.5. The molecule has 216 valence electrons. The van der Waals surface area contributed by atoms with Gasteiger partial charge in [0.25, 0.3) is 0 Å². The Morgan fingerprint density at radius 1 is 0.486 bits per heavy atom. The van der Waals surface area contributed by atoms with E-state index >= 15 is 0 Å². The summed E-state index contributed by atoms with van der Waals surface area (Å²) >= 11 is 0. The maximum absolute atomic E-state index is 12.5. The van der Waals surface area contributed by atoms with E-state index in [1.54, 1.807) is 13.8 Å². The van der Waals surface area contributed by atoms with E-state index in [0.29, 0.717) is 0 Å². The minimum absolute atomic E-state index is 0.236. The van der Waals surface area contributed by atoms with Gasteiger partial charge in [0.2, 0.25) is 0 Å². The molecule has 0 radical (unpaired) electrons. The van der Waals surface area contributed by atoms with E-state index < -0.39 is 62.8 Å². The topological polar surface area (TPSA) is 98.8 Å². The zero-order chi connectivity index (χ0) is 29.7. The number of esters is 2. The molecule has 0 saturated carbocycles. The molecule has 0 aromatic carbocycles. The molecular weight excluding hydrogens is 577 g/mol. The van der Waals surface area contributed by atoms with Crippen molar-refractivity contribution in [3.05, 3.63) is 24.3 Å². The first-order chi connectivity index (χ1) is 16.2. The number of rotatable bonds is 16. The van der Waals surface area contributed by atoms with Crippen LogP contribution in [-0.4, -0.2) is 75.3 Å². The highest BCUT2D eigenvalue weighted by Gasteiger charge is 2.60. The molecule has 0 aromatic heterocycles. The van der Waals surface area contributed by atoms with Gasteiger partial charge in [0.15, 0.2) is 45.7 Å². The van der Waals surface area contributed by atoms with Crippen LogP contribution in [0.5, 0.6) is 0 Å². The fourth-order valence-electron chi connectivity index (χ4n) is 2.96. The molecule has 0 aliphatic carbocycles. The maximum Gasteiger partial charge on any atom is 0.512 e. The van der Waals surface area contributed by atoms with Crippen LogP contribution >= 0.6 is 0 Å². The van der Waals surface area contributed by atoms with Gasteiger partial charge >= 0.3 is 29.5 Å². The lowest BCUT2D eigenvalue weighted by molar-refractivity contribution is -0.138. The maximum atomic E-state index is 12.5. The molecule has 15 heteroatoms. The van der Waals surface area contributed by atoms with Crippen molar-refractivity contribution in [2.24, 2.45) is 0 Å². The molecular formula is C22H50O9Si6. The first kappa shape index (κ1) is 36.5. The van der Waals surface area contributed by atoms with Gasteiger partial charge in [-0.1, -0.05) is 13.2 Å². The minimum Gasteiger partial charge on any atom is -0.458 e. The summed E-state index contributed by atoms with van der Waals surface area (Å²) in [7, 11) is -17.0. The second-order valence-corrected chi connectivity index (χ2v) is 37.3. The largest absolute Gasteiger partial charge is 0.512 e. The minimum atomic E-state index is -3.83. The highest BCUT2D eigenvalue weighted by molar-refractivity contribution is 6.92. The lowest BCUT2D eigenvalue weighted by Gasteiger charge is -2.46. The molecule has 0 amide bonds. The van der Waals surface area contributed by atoms with Gasteiger partial charge in [0.05, 0.1) is 0 Å². The Balaban J connectivity index is 7.06. The number of carbonyl (C=O) groups excluding carboxylic acids is 2. The molecule has 0 N–H and O–H groups in total. The highest BCUT2D eigenvalue weighted by atomic mass is 28.5. The molecule has 0 unspecified atom stereocenters. The van der Waals surface area contributed by atoms with Gasteiger partial charge in [-0.15, -0.1) is 0 Å². The molecule has 0 fully saturated rings. The summed E-state index contributed by atoms with van der Waals surface area (Å²) in [5.41, 5.74) is 0.499. The molecule has 0 rings (SSSR count). The number of hydrogen-bond donors (Lipinski definition) is 0. The Morgan fingerprint density at radius 2 is 0.703 bits per heavy atom. The highest BCUT2D eigenvalue weighted by Crippen LogP contribution is 2.31. The lowest BCUT2D eigenvalue weighted by Crippen LogP contribution is -2.70. The van der Waals surface area contributed by atoms with Crippen molar-refractivity contribution in [1.82, 2.24) is 0 Å². The second-order valence-electron chi connectivity index (χ2n) is 13.0. The molecule has 0 heterocycles. The van der Waals surface area contributed by atoms with Crippen LogP contribution in [0.4, 0.5) is 0 Å². The molecule has 0 atom stereocenters. The smallest absolute Gasteiger partial charge is 0.458 e. The summed E-state index contributed by atoms with van der Waals surface area (Å²) in [6.07, 6.45) is -0.471. The van der Waals surface area contributed by atoms with Crippen molar-refractivity contribution < 1.29 is 39.6 Å². The third kappa shape index (κ3) is 16.3. The lowest BCUT2D eigenvalue weighted by atomic mass is 10.4. The van der Waals surface area contributed by atoms with E-state index in [9.17, 15) is 9.59 Å². The van der Waals surface area contributed by atoms with Gasteiger partial charge in [-0.05, 0) is 92.4 Å². The van der Waals surface area contributed by atoms with Gasteiger partial charge in [0.1, 0.15) is 0 Å². The molecule has 0 bridgehead atoms. The normalized spacial score (nSPS) is 13.8. The van der Waals surface area contributed by atoms with Gasteiger partial charge in [-0.25, -0.2) is 9.59 Å². The summed E-state index contributed by atoms with van der Waals surface area (Å²) in [5, 5.41) is 0. The Hall–Kier alpha value is -0.479. The van der Waals surface area contributed by atoms with Crippen LogP contribution in [0.3, 0.4) is 0 Å². The monoisotopic (exact) mass is 626 g/mol. The van der Waals surface area contributed by atoms with Gasteiger partial charge < -0.3 is 30.0 Å². The van der Waals surface area contributed by atoms with Gasteiger partial charge in [-0.2, -0.15) is 0 Å². The third-order valence-electron chi connectivity index (χ3n) is 3.61. The van der Waals surface area contributed by atoms with E-state index in [1.807, 2.05) is 78.6 Å². The standard InChI is InChI=1S/C22H50O9Si6/c1-19(2)21(23)25-17-36(27-32(5,6)7,28-33(8,9)10)31-37(29-34(11,12)13,30-35(14,15)16)18-26-22(24)20(3)4/h1,3,17-18H2,2,4-16H3. The van der Waals surface area contributed by atoms with Crippen LogP contribution in [-0.2, 0) is 39.6 Å². The molecule has 9 nitrogen and oxygen atoms in total. The molecule has 0 aliphatic rings. The first-order valence-corrected chi connectivity index (χ1v) is 29.8.